The zero-order valence-electron chi connectivity index (χ0n) is 17.1. The molecule has 0 aliphatic heterocycles. The second-order valence-electron chi connectivity index (χ2n) is 7.99. The summed E-state index contributed by atoms with van der Waals surface area (Å²) in [6.07, 6.45) is 1.89. The van der Waals surface area contributed by atoms with Gasteiger partial charge in [-0.25, -0.2) is 8.96 Å². The Morgan fingerprint density at radius 1 is 1.10 bits per heavy atom. The minimum atomic E-state index is -0.290. The first-order chi connectivity index (χ1) is 13.9. The van der Waals surface area contributed by atoms with Gasteiger partial charge in [0.1, 0.15) is 21.7 Å². The van der Waals surface area contributed by atoms with Gasteiger partial charge >= 0.3 is 0 Å². The Balaban J connectivity index is 1.94. The topological polar surface area (TPSA) is 29.9 Å². The van der Waals surface area contributed by atoms with Crippen LogP contribution in [0.4, 0.5) is 4.39 Å². The van der Waals surface area contributed by atoms with Crippen molar-refractivity contribution in [2.75, 3.05) is 0 Å². The molecule has 0 radical (unpaired) electrons. The Kier molecular flexibility index (Phi) is 4.00. The molecular weight excluding hydrogens is 383 g/mol. The third-order valence-corrected chi connectivity index (χ3v) is 6.78. The number of aromatic nitrogens is 2. The lowest BCUT2D eigenvalue weighted by Crippen LogP contribution is -2.31. The smallest absolute Gasteiger partial charge is 0.287 e. The summed E-state index contributed by atoms with van der Waals surface area (Å²) in [4.78, 5) is 6.06. The molecule has 29 heavy (non-hydrogen) atoms. The molecule has 0 saturated carbocycles. The number of hydrogen-bond acceptors (Lipinski definition) is 3. The van der Waals surface area contributed by atoms with Crippen molar-refractivity contribution < 1.29 is 13.4 Å². The van der Waals surface area contributed by atoms with Crippen LogP contribution in [0.1, 0.15) is 35.8 Å². The quantitative estimate of drug-likeness (QED) is 0.311. The maximum Gasteiger partial charge on any atom is 0.287 e. The highest BCUT2D eigenvalue weighted by atomic mass is 32.1. The van der Waals surface area contributed by atoms with Crippen molar-refractivity contribution in [2.45, 2.75) is 33.6 Å². The van der Waals surface area contributed by atoms with E-state index in [1.807, 2.05) is 13.4 Å². The van der Waals surface area contributed by atoms with Crippen LogP contribution in [0.3, 0.4) is 0 Å². The van der Waals surface area contributed by atoms with Gasteiger partial charge < -0.3 is 4.42 Å². The maximum atomic E-state index is 13.8. The molecule has 3 nitrogen and oxygen atoms in total. The van der Waals surface area contributed by atoms with E-state index in [0.717, 1.165) is 38.7 Å². The minimum absolute atomic E-state index is 0.290. The van der Waals surface area contributed by atoms with Crippen molar-refractivity contribution in [2.24, 2.45) is 7.05 Å². The Morgan fingerprint density at radius 2 is 1.86 bits per heavy atom. The van der Waals surface area contributed by atoms with Crippen LogP contribution in [0, 0.1) is 19.7 Å². The first-order valence-electron chi connectivity index (χ1n) is 9.76. The van der Waals surface area contributed by atoms with Gasteiger partial charge in [0.15, 0.2) is 5.69 Å². The highest BCUT2D eigenvalue weighted by Crippen LogP contribution is 2.42. The van der Waals surface area contributed by atoms with E-state index in [1.54, 1.807) is 17.4 Å². The SMILES string of the molecule is Cc1ccc2c(oc3cc(F)ccc32)c1-c1c2sc(C)c(C(C)C)c2nc[n+]1C. The number of aryl methyl sites for hydroxylation is 3. The Bertz CT molecular complexity index is 1430. The molecule has 0 N–H and O–H groups in total. The predicted molar refractivity (Wildman–Crippen MR) is 117 cm³/mol. The van der Waals surface area contributed by atoms with E-state index < -0.39 is 0 Å². The zero-order chi connectivity index (χ0) is 20.4. The summed E-state index contributed by atoms with van der Waals surface area (Å²) in [5, 5.41) is 1.93. The van der Waals surface area contributed by atoms with E-state index in [2.05, 4.69) is 44.4 Å². The summed E-state index contributed by atoms with van der Waals surface area (Å²) in [6, 6.07) is 8.92. The molecule has 0 amide bonds. The molecule has 2 aromatic carbocycles. The molecule has 146 valence electrons. The van der Waals surface area contributed by atoms with Crippen molar-refractivity contribution in [1.29, 1.82) is 0 Å². The number of rotatable bonds is 2. The fourth-order valence-corrected chi connectivity index (χ4v) is 5.72. The van der Waals surface area contributed by atoms with E-state index >= 15 is 0 Å². The lowest BCUT2D eigenvalue weighted by atomic mass is 9.98. The molecule has 3 heterocycles. The second kappa shape index (κ2) is 6.36. The summed E-state index contributed by atoms with van der Waals surface area (Å²) >= 11 is 1.78. The third-order valence-electron chi connectivity index (χ3n) is 5.66. The summed E-state index contributed by atoms with van der Waals surface area (Å²) in [5.74, 6) is 0.116. The van der Waals surface area contributed by atoms with Crippen LogP contribution in [0.15, 0.2) is 41.1 Å². The van der Waals surface area contributed by atoms with Crippen LogP contribution in [0.25, 0.3) is 43.4 Å². The predicted octanol–water partition coefficient (Wildman–Crippen LogP) is 6.57. The zero-order valence-corrected chi connectivity index (χ0v) is 17.9. The van der Waals surface area contributed by atoms with Crippen LogP contribution in [-0.2, 0) is 7.05 Å². The summed E-state index contributed by atoms with van der Waals surface area (Å²) in [7, 11) is 2.02. The normalized spacial score (nSPS) is 12.1. The summed E-state index contributed by atoms with van der Waals surface area (Å²) in [6.45, 7) is 8.69. The highest BCUT2D eigenvalue weighted by Gasteiger charge is 2.27. The molecule has 0 spiro atoms. The highest BCUT2D eigenvalue weighted by molar-refractivity contribution is 7.19. The number of hydrogen-bond donors (Lipinski definition) is 0. The van der Waals surface area contributed by atoms with Crippen LogP contribution in [0.2, 0.25) is 0 Å². The molecule has 0 aliphatic carbocycles. The van der Waals surface area contributed by atoms with Gasteiger partial charge in [0, 0.05) is 27.3 Å². The minimum Gasteiger partial charge on any atom is -0.455 e. The van der Waals surface area contributed by atoms with E-state index in [9.17, 15) is 4.39 Å². The molecule has 0 bridgehead atoms. The number of halogens is 1. The maximum absolute atomic E-state index is 13.8. The van der Waals surface area contributed by atoms with Gasteiger partial charge in [0.2, 0.25) is 5.52 Å². The molecular formula is C24H22FN2OS+. The summed E-state index contributed by atoms with van der Waals surface area (Å²) in [5.41, 5.74) is 7.01. The lowest BCUT2D eigenvalue weighted by Gasteiger charge is -2.08. The molecule has 0 saturated heterocycles. The van der Waals surface area contributed by atoms with Gasteiger partial charge in [-0.15, -0.1) is 11.3 Å². The largest absolute Gasteiger partial charge is 0.455 e. The van der Waals surface area contributed by atoms with Crippen LogP contribution in [-0.4, -0.2) is 4.98 Å². The first-order valence-corrected chi connectivity index (χ1v) is 10.6. The molecule has 5 heteroatoms. The van der Waals surface area contributed by atoms with Crippen LogP contribution < -0.4 is 4.57 Å². The fraction of sp³-hybridized carbons (Fsp3) is 0.250. The standard InChI is InChI=1S/C24H22FN2OS/c1-12(2)19-14(4)29-24-21(19)26-11-27(5)22(24)20-13(3)6-8-17-16-9-7-15(25)10-18(16)28-23(17)20/h6-12H,1-5H3/q+1. The van der Waals surface area contributed by atoms with Gasteiger partial charge in [0.25, 0.3) is 6.33 Å². The van der Waals surface area contributed by atoms with E-state index in [-0.39, 0.29) is 5.82 Å². The Labute approximate surface area is 172 Å². The van der Waals surface area contributed by atoms with E-state index in [0.29, 0.717) is 11.5 Å². The molecule has 3 aromatic heterocycles. The van der Waals surface area contributed by atoms with Crippen molar-refractivity contribution in [3.05, 3.63) is 58.5 Å². The van der Waals surface area contributed by atoms with Gasteiger partial charge in [-0.2, -0.15) is 0 Å². The molecule has 0 unspecified atom stereocenters. The molecule has 5 rings (SSSR count). The first kappa shape index (κ1) is 18.3. The lowest BCUT2D eigenvalue weighted by molar-refractivity contribution is -0.662. The van der Waals surface area contributed by atoms with Crippen molar-refractivity contribution in [1.82, 2.24) is 4.98 Å². The van der Waals surface area contributed by atoms with Crippen molar-refractivity contribution in [3.8, 4) is 11.3 Å². The third kappa shape index (κ3) is 2.60. The summed E-state index contributed by atoms with van der Waals surface area (Å²) < 4.78 is 23.2. The fourth-order valence-electron chi connectivity index (χ4n) is 4.37. The molecule has 5 aromatic rings. The van der Waals surface area contributed by atoms with Crippen molar-refractivity contribution in [3.63, 3.8) is 0 Å². The molecule has 0 aliphatic rings. The van der Waals surface area contributed by atoms with Crippen LogP contribution >= 0.6 is 11.3 Å². The average Bonchev–Trinajstić information content (AvgIpc) is 3.18. The van der Waals surface area contributed by atoms with Gasteiger partial charge in [-0.1, -0.05) is 26.0 Å². The number of nitrogens with zero attached hydrogens (tertiary/aromatic N) is 2. The van der Waals surface area contributed by atoms with E-state index in [1.165, 1.54) is 27.3 Å². The molecule has 0 atom stereocenters. The van der Waals surface area contributed by atoms with Gasteiger partial charge in [0.05, 0.1) is 12.6 Å². The Hall–Kier alpha value is -2.79. The Morgan fingerprint density at radius 3 is 2.62 bits per heavy atom. The second-order valence-corrected chi connectivity index (χ2v) is 9.21. The number of benzene rings is 2. The van der Waals surface area contributed by atoms with E-state index in [4.69, 9.17) is 9.40 Å². The van der Waals surface area contributed by atoms with Gasteiger partial charge in [-0.3, -0.25) is 0 Å². The average molecular weight is 406 g/mol. The molecule has 0 fully saturated rings. The van der Waals surface area contributed by atoms with Gasteiger partial charge in [-0.05, 0) is 42.4 Å². The van der Waals surface area contributed by atoms with Crippen LogP contribution in [0.5, 0.6) is 0 Å². The number of fused-ring (bicyclic) bond motifs is 4. The monoisotopic (exact) mass is 405 g/mol. The number of thiophene rings is 1. The van der Waals surface area contributed by atoms with Crippen molar-refractivity contribution >= 4 is 43.5 Å². The number of furan rings is 1.